The van der Waals surface area contributed by atoms with Crippen molar-refractivity contribution >= 4 is 12.6 Å². The molecule has 2 aromatic rings. The molecule has 1 heterocycles. The summed E-state index contributed by atoms with van der Waals surface area (Å²) in [6.45, 7) is 2.73. The van der Waals surface area contributed by atoms with E-state index in [1.807, 2.05) is 48.7 Å². The van der Waals surface area contributed by atoms with E-state index in [-0.39, 0.29) is 5.92 Å². The Kier molecular flexibility index (Phi) is 9.31. The Morgan fingerprint density at radius 2 is 1.68 bits per heavy atom. The Morgan fingerprint density at radius 1 is 0.960 bits per heavy atom. The van der Waals surface area contributed by atoms with E-state index in [1.54, 1.807) is 0 Å². The largest absolute Gasteiger partial charge is 0.491 e. The summed E-state index contributed by atoms with van der Waals surface area (Å²) < 4.78 is 5.76. The van der Waals surface area contributed by atoms with Gasteiger partial charge >= 0.3 is 7.12 Å². The van der Waals surface area contributed by atoms with Crippen LogP contribution in [0.1, 0.15) is 63.5 Å². The molecule has 1 atom stereocenters. The Balaban J connectivity index is 1.84. The van der Waals surface area contributed by atoms with Gasteiger partial charge in [-0.1, -0.05) is 81.8 Å². The first-order chi connectivity index (χ1) is 12.3. The van der Waals surface area contributed by atoms with E-state index in [2.05, 4.69) is 18.0 Å². The van der Waals surface area contributed by atoms with Crippen LogP contribution in [0.2, 0.25) is 0 Å². The zero-order valence-corrected chi connectivity index (χ0v) is 15.3. The third kappa shape index (κ3) is 7.41. The molecular weight excluding hydrogens is 309 g/mol. The molecule has 3 nitrogen and oxygen atoms in total. The van der Waals surface area contributed by atoms with Gasteiger partial charge in [0.15, 0.2) is 0 Å². The van der Waals surface area contributed by atoms with Crippen LogP contribution >= 0.6 is 0 Å². The van der Waals surface area contributed by atoms with Crippen molar-refractivity contribution in [3.63, 3.8) is 0 Å². The molecule has 0 spiro atoms. The number of nitrogens with zero attached hydrogens (tertiary/aromatic N) is 1. The third-order valence-corrected chi connectivity index (χ3v) is 4.55. The van der Waals surface area contributed by atoms with Gasteiger partial charge in [-0.2, -0.15) is 0 Å². The minimum Gasteiger partial charge on any atom is -0.423 e. The van der Waals surface area contributed by atoms with Crippen LogP contribution < -0.4 is 5.46 Å². The molecule has 0 saturated carbocycles. The molecule has 0 fully saturated rings. The fourth-order valence-electron chi connectivity index (χ4n) is 3.03. The van der Waals surface area contributed by atoms with Crippen LogP contribution in [0.5, 0.6) is 0 Å². The molecular formula is C21H30BNO2. The first kappa shape index (κ1) is 19.7. The van der Waals surface area contributed by atoms with E-state index in [1.165, 1.54) is 38.5 Å². The lowest BCUT2D eigenvalue weighted by Crippen LogP contribution is -2.34. The highest BCUT2D eigenvalue weighted by Gasteiger charge is 2.20. The molecule has 1 aromatic heterocycles. The number of unbranched alkanes of at least 4 members (excludes halogenated alkanes) is 5. The highest BCUT2D eigenvalue weighted by atomic mass is 16.5. The molecule has 1 N–H and O–H groups in total. The Bertz CT molecular complexity index is 565. The number of rotatable bonds is 12. The summed E-state index contributed by atoms with van der Waals surface area (Å²) in [6, 6.07) is 15.5. The summed E-state index contributed by atoms with van der Waals surface area (Å²) in [5, 5.41) is 10.2. The lowest BCUT2D eigenvalue weighted by molar-refractivity contribution is 0.240. The number of hydrogen-bond acceptors (Lipinski definition) is 3. The molecule has 134 valence electrons. The van der Waals surface area contributed by atoms with Gasteiger partial charge in [0, 0.05) is 24.4 Å². The summed E-state index contributed by atoms with van der Waals surface area (Å²) in [4.78, 5) is 4.50. The number of aromatic nitrogens is 1. The summed E-state index contributed by atoms with van der Waals surface area (Å²) in [6.07, 6.45) is 10.5. The number of pyridine rings is 1. The Hall–Kier alpha value is -1.65. The predicted octanol–water partition coefficient (Wildman–Crippen LogP) is 4.32. The van der Waals surface area contributed by atoms with Crippen LogP contribution in [-0.2, 0) is 4.65 Å². The summed E-state index contributed by atoms with van der Waals surface area (Å²) >= 11 is 0. The van der Waals surface area contributed by atoms with Crippen LogP contribution in [-0.4, -0.2) is 23.7 Å². The van der Waals surface area contributed by atoms with Crippen LogP contribution in [0.3, 0.4) is 0 Å². The smallest absolute Gasteiger partial charge is 0.423 e. The van der Waals surface area contributed by atoms with Crippen molar-refractivity contribution in [2.75, 3.05) is 6.61 Å². The van der Waals surface area contributed by atoms with Gasteiger partial charge in [0.25, 0.3) is 0 Å². The molecule has 0 aliphatic heterocycles. The van der Waals surface area contributed by atoms with E-state index >= 15 is 0 Å². The molecule has 25 heavy (non-hydrogen) atoms. The number of hydrogen-bond donors (Lipinski definition) is 1. The van der Waals surface area contributed by atoms with Gasteiger partial charge in [-0.3, -0.25) is 4.98 Å². The molecule has 0 aliphatic carbocycles. The molecule has 0 bridgehead atoms. The van der Waals surface area contributed by atoms with Crippen molar-refractivity contribution in [1.82, 2.24) is 4.98 Å². The first-order valence-corrected chi connectivity index (χ1v) is 9.56. The van der Waals surface area contributed by atoms with Gasteiger partial charge in [0.1, 0.15) is 0 Å². The summed E-state index contributed by atoms with van der Waals surface area (Å²) in [5.41, 5.74) is 1.85. The maximum Gasteiger partial charge on any atom is 0.491 e. The Morgan fingerprint density at radius 3 is 2.40 bits per heavy atom. The van der Waals surface area contributed by atoms with Gasteiger partial charge in [0.05, 0.1) is 0 Å². The lowest BCUT2D eigenvalue weighted by Gasteiger charge is -2.18. The van der Waals surface area contributed by atoms with E-state index in [0.717, 1.165) is 17.6 Å². The van der Waals surface area contributed by atoms with E-state index in [4.69, 9.17) is 4.65 Å². The van der Waals surface area contributed by atoms with Gasteiger partial charge in [-0.25, -0.2) is 0 Å². The summed E-state index contributed by atoms with van der Waals surface area (Å²) in [5.74, 6) is 0.228. The molecule has 0 aliphatic rings. The zero-order chi connectivity index (χ0) is 17.7. The highest BCUT2D eigenvalue weighted by molar-refractivity contribution is 6.59. The molecule has 2 rings (SSSR count). The maximum absolute atomic E-state index is 10.2. The van der Waals surface area contributed by atoms with Crippen molar-refractivity contribution in [2.45, 2.75) is 57.8 Å². The van der Waals surface area contributed by atoms with Crippen LogP contribution in [0.15, 0.2) is 54.7 Å². The van der Waals surface area contributed by atoms with Crippen LogP contribution in [0.25, 0.3) is 0 Å². The minimum atomic E-state index is -0.878. The lowest BCUT2D eigenvalue weighted by atomic mass is 9.79. The van der Waals surface area contributed by atoms with E-state index in [9.17, 15) is 5.02 Å². The van der Waals surface area contributed by atoms with Crippen LogP contribution in [0, 0.1) is 0 Å². The second-order valence-corrected chi connectivity index (χ2v) is 6.60. The second-order valence-electron chi connectivity index (χ2n) is 6.60. The summed E-state index contributed by atoms with van der Waals surface area (Å²) in [7, 11) is -0.878. The first-order valence-electron chi connectivity index (χ1n) is 9.56. The molecule has 0 radical (unpaired) electrons. The number of benzene rings is 1. The average molecular weight is 339 g/mol. The molecule has 4 heteroatoms. The SMILES string of the molecule is CCCCCCCCC(COB(O)c1ccccc1)c1ccccn1. The van der Waals surface area contributed by atoms with Gasteiger partial charge < -0.3 is 9.68 Å². The van der Waals surface area contributed by atoms with Crippen LogP contribution in [0.4, 0.5) is 0 Å². The molecule has 1 unspecified atom stereocenters. The molecule has 0 saturated heterocycles. The minimum absolute atomic E-state index is 0.228. The predicted molar refractivity (Wildman–Crippen MR) is 105 cm³/mol. The van der Waals surface area contributed by atoms with Crippen molar-refractivity contribution in [2.24, 2.45) is 0 Å². The van der Waals surface area contributed by atoms with E-state index in [0.29, 0.717) is 6.61 Å². The maximum atomic E-state index is 10.2. The topological polar surface area (TPSA) is 42.4 Å². The monoisotopic (exact) mass is 339 g/mol. The molecule has 0 amide bonds. The molecule has 1 aromatic carbocycles. The second kappa shape index (κ2) is 11.8. The fourth-order valence-corrected chi connectivity index (χ4v) is 3.03. The Labute approximate surface area is 152 Å². The fraction of sp³-hybridized carbons (Fsp3) is 0.476. The van der Waals surface area contributed by atoms with Crippen molar-refractivity contribution < 1.29 is 9.68 Å². The van der Waals surface area contributed by atoms with Gasteiger partial charge in [-0.05, 0) is 24.0 Å². The average Bonchev–Trinajstić information content (AvgIpc) is 2.68. The standard InChI is InChI=1S/C21H30BNO2/c1-2-3-4-5-6-8-13-19(21-16-11-12-17-23-21)18-25-22(24)20-14-9-7-10-15-20/h7,9-12,14-17,19,24H,2-6,8,13,18H2,1H3. The van der Waals surface area contributed by atoms with Crippen molar-refractivity contribution in [3.8, 4) is 0 Å². The van der Waals surface area contributed by atoms with E-state index < -0.39 is 7.12 Å². The third-order valence-electron chi connectivity index (χ3n) is 4.55. The van der Waals surface area contributed by atoms with Gasteiger partial charge in [-0.15, -0.1) is 0 Å². The van der Waals surface area contributed by atoms with Crippen molar-refractivity contribution in [3.05, 3.63) is 60.4 Å². The normalized spacial score (nSPS) is 12.1. The highest BCUT2D eigenvalue weighted by Crippen LogP contribution is 2.22. The quantitative estimate of drug-likeness (QED) is 0.463. The van der Waals surface area contributed by atoms with Crippen molar-refractivity contribution in [1.29, 1.82) is 0 Å². The van der Waals surface area contributed by atoms with Gasteiger partial charge in [0.2, 0.25) is 0 Å². The zero-order valence-electron chi connectivity index (χ0n) is 15.3.